The van der Waals surface area contributed by atoms with E-state index < -0.39 is 13.0 Å². The fourth-order valence-corrected chi connectivity index (χ4v) is 1.05. The van der Waals surface area contributed by atoms with Crippen molar-refractivity contribution >= 4 is 17.9 Å². The van der Waals surface area contributed by atoms with E-state index in [0.717, 1.165) is 0 Å². The molecule has 0 aromatic heterocycles. The Bertz CT molecular complexity index is 329. The number of hydrogen-bond acceptors (Lipinski definition) is 2. The first-order valence-corrected chi connectivity index (χ1v) is 4.17. The van der Waals surface area contributed by atoms with Crippen molar-refractivity contribution in [2.45, 2.75) is 6.43 Å². The summed E-state index contributed by atoms with van der Waals surface area (Å²) in [6.45, 7) is -0.749. The molecule has 0 unspecified atom stereocenters. The van der Waals surface area contributed by atoms with Crippen molar-refractivity contribution in [1.82, 2.24) is 0 Å². The van der Waals surface area contributed by atoms with Gasteiger partial charge in [0.2, 0.25) is 0 Å². The minimum Gasteiger partial charge on any atom is -0.487 e. The van der Waals surface area contributed by atoms with Crippen LogP contribution < -0.4 is 4.74 Å². The third-order valence-corrected chi connectivity index (χ3v) is 1.70. The molecule has 0 N–H and O–H groups in total. The molecule has 0 aliphatic carbocycles. The van der Waals surface area contributed by atoms with Gasteiger partial charge in [0.1, 0.15) is 12.4 Å². The summed E-state index contributed by atoms with van der Waals surface area (Å²) >= 11 is 5.61. The molecule has 0 atom stereocenters. The van der Waals surface area contributed by atoms with E-state index in [4.69, 9.17) is 16.3 Å². The summed E-state index contributed by atoms with van der Waals surface area (Å²) in [4.78, 5) is 10.5. The molecule has 0 bridgehead atoms. The maximum Gasteiger partial charge on any atom is 0.272 e. The van der Waals surface area contributed by atoms with Crippen LogP contribution in [0.3, 0.4) is 0 Å². The predicted molar refractivity (Wildman–Crippen MR) is 48.3 cm³/mol. The van der Waals surface area contributed by atoms with Crippen molar-refractivity contribution in [3.8, 4) is 5.75 Å². The van der Waals surface area contributed by atoms with Gasteiger partial charge < -0.3 is 4.74 Å². The van der Waals surface area contributed by atoms with Crippen LogP contribution in [0.4, 0.5) is 8.78 Å². The molecule has 0 amide bonds. The van der Waals surface area contributed by atoms with Gasteiger partial charge in [0.25, 0.3) is 6.43 Å². The maximum absolute atomic E-state index is 11.8. The summed E-state index contributed by atoms with van der Waals surface area (Å²) in [6.07, 6.45) is -2.05. The van der Waals surface area contributed by atoms with E-state index in [9.17, 15) is 13.6 Å². The fourth-order valence-electron chi connectivity index (χ4n) is 0.883. The van der Waals surface area contributed by atoms with Crippen molar-refractivity contribution < 1.29 is 18.3 Å². The highest BCUT2D eigenvalue weighted by atomic mass is 35.5. The van der Waals surface area contributed by atoms with Gasteiger partial charge in [-0.05, 0) is 18.2 Å². The number of carbonyl (C=O) groups is 1. The third kappa shape index (κ3) is 2.96. The first-order chi connectivity index (χ1) is 6.63. The Balaban J connectivity index is 2.82. The number of rotatable bonds is 4. The molecular weight excluding hydrogens is 214 g/mol. The van der Waals surface area contributed by atoms with Gasteiger partial charge in [0.05, 0.1) is 5.56 Å². The van der Waals surface area contributed by atoms with Crippen molar-refractivity contribution in [3.05, 3.63) is 28.8 Å². The average molecular weight is 221 g/mol. The van der Waals surface area contributed by atoms with Crippen LogP contribution in [0.1, 0.15) is 10.4 Å². The molecule has 1 aromatic rings. The van der Waals surface area contributed by atoms with Crippen LogP contribution >= 0.6 is 11.6 Å². The molecule has 0 saturated carbocycles. The molecule has 14 heavy (non-hydrogen) atoms. The number of halogens is 3. The average Bonchev–Trinajstić information content (AvgIpc) is 2.15. The zero-order valence-corrected chi connectivity index (χ0v) is 7.80. The maximum atomic E-state index is 11.8. The molecule has 0 heterocycles. The second kappa shape index (κ2) is 4.91. The van der Waals surface area contributed by atoms with Gasteiger partial charge in [-0.1, -0.05) is 11.6 Å². The summed E-state index contributed by atoms with van der Waals surface area (Å²) in [7, 11) is 0. The topological polar surface area (TPSA) is 26.3 Å². The lowest BCUT2D eigenvalue weighted by Gasteiger charge is -2.07. The summed E-state index contributed by atoms with van der Waals surface area (Å²) < 4.78 is 28.3. The number of ether oxygens (including phenoxy) is 1. The highest BCUT2D eigenvalue weighted by Crippen LogP contribution is 2.22. The Kier molecular flexibility index (Phi) is 3.83. The van der Waals surface area contributed by atoms with Crippen molar-refractivity contribution in [1.29, 1.82) is 0 Å². The van der Waals surface area contributed by atoms with Gasteiger partial charge in [-0.2, -0.15) is 0 Å². The number of alkyl halides is 2. The van der Waals surface area contributed by atoms with Gasteiger partial charge in [-0.3, -0.25) is 4.79 Å². The molecule has 0 aliphatic heterocycles. The van der Waals surface area contributed by atoms with E-state index in [-0.39, 0.29) is 11.3 Å². The molecule has 1 rings (SSSR count). The minimum absolute atomic E-state index is 0.0767. The van der Waals surface area contributed by atoms with E-state index in [1.807, 2.05) is 0 Å². The lowest BCUT2D eigenvalue weighted by molar-refractivity contribution is 0.0809. The summed E-state index contributed by atoms with van der Waals surface area (Å²) in [5, 5.41) is 0.333. The molecule has 76 valence electrons. The largest absolute Gasteiger partial charge is 0.487 e. The summed E-state index contributed by atoms with van der Waals surface area (Å²) in [5.74, 6) is 0.0767. The van der Waals surface area contributed by atoms with Crippen molar-refractivity contribution in [2.24, 2.45) is 0 Å². The van der Waals surface area contributed by atoms with Crippen LogP contribution in [0.25, 0.3) is 0 Å². The quantitative estimate of drug-likeness (QED) is 0.730. The van der Waals surface area contributed by atoms with E-state index in [0.29, 0.717) is 11.3 Å². The van der Waals surface area contributed by atoms with E-state index in [1.165, 1.54) is 18.2 Å². The zero-order valence-electron chi connectivity index (χ0n) is 7.04. The molecule has 0 fully saturated rings. The number of carbonyl (C=O) groups excluding carboxylic acids is 1. The van der Waals surface area contributed by atoms with Crippen molar-refractivity contribution in [2.75, 3.05) is 6.61 Å². The van der Waals surface area contributed by atoms with E-state index >= 15 is 0 Å². The van der Waals surface area contributed by atoms with Gasteiger partial charge in [0, 0.05) is 5.02 Å². The van der Waals surface area contributed by atoms with E-state index in [2.05, 4.69) is 0 Å². The lowest BCUT2D eigenvalue weighted by Crippen LogP contribution is -2.08. The standard InChI is InChI=1S/C9H7ClF2O2/c10-7-2-1-6(4-13)8(3-7)14-5-9(11)12/h1-4,9H,5H2. The second-order valence-corrected chi connectivity index (χ2v) is 2.94. The van der Waals surface area contributed by atoms with Crippen LogP contribution in [0.2, 0.25) is 5.02 Å². The summed E-state index contributed by atoms with van der Waals surface area (Å²) in [6, 6.07) is 4.23. The first kappa shape index (κ1) is 10.9. The Hall–Kier alpha value is -1.16. The lowest BCUT2D eigenvalue weighted by atomic mass is 10.2. The summed E-state index contributed by atoms with van der Waals surface area (Å²) in [5.41, 5.74) is 0.204. The van der Waals surface area contributed by atoms with Gasteiger partial charge >= 0.3 is 0 Å². The predicted octanol–water partition coefficient (Wildman–Crippen LogP) is 2.80. The molecule has 0 aliphatic rings. The highest BCUT2D eigenvalue weighted by molar-refractivity contribution is 6.30. The van der Waals surface area contributed by atoms with Gasteiger partial charge in [0.15, 0.2) is 6.29 Å². The SMILES string of the molecule is O=Cc1ccc(Cl)cc1OCC(F)F. The van der Waals surface area contributed by atoms with Crippen LogP contribution in [-0.4, -0.2) is 19.3 Å². The molecule has 0 spiro atoms. The Labute approximate surface area is 84.4 Å². The number of aldehydes is 1. The van der Waals surface area contributed by atoms with Crippen molar-refractivity contribution in [3.63, 3.8) is 0 Å². The second-order valence-electron chi connectivity index (χ2n) is 2.50. The third-order valence-electron chi connectivity index (χ3n) is 1.47. The minimum atomic E-state index is -2.58. The number of benzene rings is 1. The molecule has 0 radical (unpaired) electrons. The Morgan fingerprint density at radius 1 is 1.50 bits per heavy atom. The van der Waals surface area contributed by atoms with Crippen LogP contribution in [0.5, 0.6) is 5.75 Å². The molecule has 0 saturated heterocycles. The van der Waals surface area contributed by atoms with Crippen LogP contribution in [-0.2, 0) is 0 Å². The van der Waals surface area contributed by atoms with Crippen LogP contribution in [0, 0.1) is 0 Å². The first-order valence-electron chi connectivity index (χ1n) is 3.79. The van der Waals surface area contributed by atoms with Gasteiger partial charge in [-0.15, -0.1) is 0 Å². The Morgan fingerprint density at radius 2 is 2.21 bits per heavy atom. The fraction of sp³-hybridized carbons (Fsp3) is 0.222. The molecule has 1 aromatic carbocycles. The molecule has 2 nitrogen and oxygen atoms in total. The zero-order chi connectivity index (χ0) is 10.6. The smallest absolute Gasteiger partial charge is 0.272 e. The Morgan fingerprint density at radius 3 is 2.79 bits per heavy atom. The van der Waals surface area contributed by atoms with Crippen LogP contribution in [0.15, 0.2) is 18.2 Å². The monoisotopic (exact) mass is 220 g/mol. The number of hydrogen-bond donors (Lipinski definition) is 0. The van der Waals surface area contributed by atoms with Gasteiger partial charge in [-0.25, -0.2) is 8.78 Å². The van der Waals surface area contributed by atoms with E-state index in [1.54, 1.807) is 0 Å². The molecule has 5 heteroatoms. The normalized spacial score (nSPS) is 10.3. The molecular formula is C9H7ClF2O2. The highest BCUT2D eigenvalue weighted by Gasteiger charge is 2.07.